The van der Waals surface area contributed by atoms with Gasteiger partial charge in [0, 0.05) is 6.42 Å². The largest absolute Gasteiger partial charge is 0.390 e. The molecule has 0 saturated carbocycles. The molecule has 0 saturated heterocycles. The summed E-state index contributed by atoms with van der Waals surface area (Å²) in [6.45, 7) is 4.66. The number of hydrogen-bond acceptors (Lipinski definition) is 3. The van der Waals surface area contributed by atoms with Crippen molar-refractivity contribution in [2.45, 2.75) is 26.7 Å². The number of aliphatic hydroxyl groups is 3. The fourth-order valence-electron chi connectivity index (χ4n) is 0. The lowest BCUT2D eigenvalue weighted by Gasteiger charge is -1.87. The molecule has 0 aromatic carbocycles. The second kappa shape index (κ2) is 10.8. The number of rotatable bonds is 2. The molecule has 0 aliphatic carbocycles. The molecular weight excluding hydrogens is 120 g/mol. The molecule has 0 rings (SSSR count). The Morgan fingerprint density at radius 1 is 1.33 bits per heavy atom. The molecule has 56 valence electrons. The normalized spacial score (nSPS) is 8.67. The molecule has 0 aliphatic rings. The first-order valence-corrected chi connectivity index (χ1v) is 2.88. The van der Waals surface area contributed by atoms with Crippen molar-refractivity contribution in [1.82, 2.24) is 0 Å². The molecule has 0 aliphatic heterocycles. The van der Waals surface area contributed by atoms with Crippen LogP contribution >= 0.6 is 0 Å². The minimum absolute atomic E-state index is 0.333. The average molecular weight is 134 g/mol. The summed E-state index contributed by atoms with van der Waals surface area (Å²) in [6.07, 6.45) is 0.588. The molecule has 9 heavy (non-hydrogen) atoms. The number of aliphatic hydroxyl groups excluding tert-OH is 2. The van der Waals surface area contributed by atoms with E-state index in [4.69, 9.17) is 15.3 Å². The first-order valence-electron chi connectivity index (χ1n) is 2.88. The second-order valence-electron chi connectivity index (χ2n) is 1.36. The molecule has 0 amide bonds. The van der Waals surface area contributed by atoms with Gasteiger partial charge >= 0.3 is 0 Å². The van der Waals surface area contributed by atoms with E-state index in [1.807, 2.05) is 6.92 Å². The van der Waals surface area contributed by atoms with Crippen LogP contribution in [0.25, 0.3) is 0 Å². The van der Waals surface area contributed by atoms with E-state index >= 15 is 0 Å². The molecule has 0 bridgehead atoms. The molecule has 3 N–H and O–H groups in total. The predicted molar refractivity (Wildman–Crippen MR) is 33.9 cm³/mol. The van der Waals surface area contributed by atoms with Gasteiger partial charge in [-0.3, -0.25) is 0 Å². The van der Waals surface area contributed by atoms with Gasteiger partial charge in [-0.1, -0.05) is 13.8 Å². The van der Waals surface area contributed by atoms with Gasteiger partial charge in [0.1, 0.15) is 0 Å². The van der Waals surface area contributed by atoms with Gasteiger partial charge in [-0.25, -0.2) is 0 Å². The van der Waals surface area contributed by atoms with Gasteiger partial charge in [-0.05, 0) is 6.42 Å². The summed E-state index contributed by atoms with van der Waals surface area (Å²) in [5.41, 5.74) is 0. The maximum Gasteiger partial charge on any atom is 0.218 e. The third-order valence-corrected chi connectivity index (χ3v) is 0.499. The first kappa shape index (κ1) is 11.6. The monoisotopic (exact) mass is 134 g/mol. The fraction of sp³-hybridized carbons (Fsp3) is 0.667. The Bertz CT molecular complexity index is 35.3. The lowest BCUT2D eigenvalue weighted by Crippen LogP contribution is -1.86. The zero-order chi connectivity index (χ0) is 7.70. The summed E-state index contributed by atoms with van der Waals surface area (Å²) in [5.74, 6) is 0. The van der Waals surface area contributed by atoms with E-state index in [1.165, 1.54) is 0 Å². The number of hydrogen-bond donors (Lipinski definition) is 3. The van der Waals surface area contributed by atoms with Crippen LogP contribution in [0.1, 0.15) is 26.7 Å². The van der Waals surface area contributed by atoms with Gasteiger partial charge in [-0.15, -0.1) is 0 Å². The Morgan fingerprint density at radius 3 is 1.56 bits per heavy atom. The highest BCUT2D eigenvalue weighted by Crippen LogP contribution is 1.88. The third-order valence-electron chi connectivity index (χ3n) is 0.499. The van der Waals surface area contributed by atoms with E-state index in [2.05, 4.69) is 0 Å². The summed E-state index contributed by atoms with van der Waals surface area (Å²) in [5, 5.41) is 23.4. The average Bonchev–Trinajstić information content (AvgIpc) is 1.89. The van der Waals surface area contributed by atoms with Gasteiger partial charge in [0.05, 0.1) is 6.61 Å². The third kappa shape index (κ3) is 32.8. The zero-order valence-electron chi connectivity index (χ0n) is 5.83. The molecule has 3 heteroatoms. The molecule has 3 nitrogen and oxygen atoms in total. The fourth-order valence-corrected chi connectivity index (χ4v) is 0. The Labute approximate surface area is 56.0 Å². The molecule has 0 unspecified atom stereocenters. The first-order chi connectivity index (χ1) is 4.18. The lowest BCUT2D eigenvalue weighted by molar-refractivity contribution is 0.0764. The van der Waals surface area contributed by atoms with Crippen molar-refractivity contribution in [2.75, 3.05) is 0 Å². The molecule has 0 heterocycles. The van der Waals surface area contributed by atoms with Crippen molar-refractivity contribution in [1.29, 1.82) is 0 Å². The minimum Gasteiger partial charge on any atom is -0.390 e. The molecule has 0 spiro atoms. The smallest absolute Gasteiger partial charge is 0.218 e. The van der Waals surface area contributed by atoms with Crippen LogP contribution in [0.3, 0.4) is 0 Å². The Hall–Kier alpha value is -0.120. The van der Waals surface area contributed by atoms with Crippen LogP contribution < -0.4 is 0 Å². The second-order valence-corrected chi connectivity index (χ2v) is 1.36. The van der Waals surface area contributed by atoms with Crippen molar-refractivity contribution in [2.24, 2.45) is 0 Å². The minimum atomic E-state index is -0.495. The SMILES string of the molecule is CC[CH]O.CC[C](O)O. The van der Waals surface area contributed by atoms with Crippen molar-refractivity contribution >= 4 is 0 Å². The highest BCUT2D eigenvalue weighted by atomic mass is 16.5. The van der Waals surface area contributed by atoms with Crippen molar-refractivity contribution in [3.8, 4) is 0 Å². The summed E-state index contributed by atoms with van der Waals surface area (Å²) < 4.78 is 0. The van der Waals surface area contributed by atoms with Crippen molar-refractivity contribution in [3.05, 3.63) is 12.9 Å². The lowest BCUT2D eigenvalue weighted by atomic mass is 10.5. The van der Waals surface area contributed by atoms with E-state index in [0.717, 1.165) is 13.0 Å². The van der Waals surface area contributed by atoms with E-state index in [-0.39, 0.29) is 0 Å². The maximum atomic E-state index is 7.83. The van der Waals surface area contributed by atoms with E-state index in [9.17, 15) is 0 Å². The molecule has 0 fully saturated rings. The van der Waals surface area contributed by atoms with Gasteiger partial charge in [0.25, 0.3) is 0 Å². The van der Waals surface area contributed by atoms with E-state index in [1.54, 1.807) is 6.92 Å². The predicted octanol–water partition coefficient (Wildman–Crippen LogP) is 1.56. The quantitative estimate of drug-likeness (QED) is 0.537. The molecule has 0 aromatic heterocycles. The summed E-state index contributed by atoms with van der Waals surface area (Å²) in [4.78, 5) is 0. The Morgan fingerprint density at radius 2 is 1.56 bits per heavy atom. The van der Waals surface area contributed by atoms with Crippen LogP contribution in [0.2, 0.25) is 0 Å². The van der Waals surface area contributed by atoms with Crippen LogP contribution in [-0.2, 0) is 0 Å². The van der Waals surface area contributed by atoms with Crippen LogP contribution in [0.5, 0.6) is 0 Å². The van der Waals surface area contributed by atoms with Gasteiger partial charge in [-0.2, -0.15) is 0 Å². The summed E-state index contributed by atoms with van der Waals surface area (Å²) >= 11 is 0. The summed E-state index contributed by atoms with van der Waals surface area (Å²) in [6, 6.07) is 0. The topological polar surface area (TPSA) is 60.7 Å². The molecule has 2 radical (unpaired) electrons. The highest BCUT2D eigenvalue weighted by Gasteiger charge is 1.86. The van der Waals surface area contributed by atoms with Gasteiger partial charge < -0.3 is 15.3 Å². The van der Waals surface area contributed by atoms with Crippen LogP contribution in [0.4, 0.5) is 0 Å². The molecule has 0 atom stereocenters. The van der Waals surface area contributed by atoms with Crippen LogP contribution in [0, 0.1) is 12.9 Å². The highest BCUT2D eigenvalue weighted by molar-refractivity contribution is 4.48. The van der Waals surface area contributed by atoms with E-state index < -0.39 is 6.29 Å². The maximum absolute atomic E-state index is 7.83. The van der Waals surface area contributed by atoms with Crippen LogP contribution in [0.15, 0.2) is 0 Å². The Kier molecular flexibility index (Phi) is 14.0. The standard InChI is InChI=1S/C3H7O2.C3H7O/c1-2-3(4)5;1-2-3-4/h4-5H,2H2,1H3;3-4H,2H2,1H3. The Balaban J connectivity index is 0. The zero-order valence-corrected chi connectivity index (χ0v) is 5.83. The van der Waals surface area contributed by atoms with Crippen molar-refractivity contribution < 1.29 is 15.3 Å². The summed E-state index contributed by atoms with van der Waals surface area (Å²) in [7, 11) is 0. The molecule has 0 aromatic rings. The van der Waals surface area contributed by atoms with Crippen molar-refractivity contribution in [3.63, 3.8) is 0 Å². The van der Waals surface area contributed by atoms with Crippen LogP contribution in [-0.4, -0.2) is 15.3 Å². The molecular formula is C6H14O3. The van der Waals surface area contributed by atoms with Gasteiger partial charge in [0.15, 0.2) is 0 Å². The van der Waals surface area contributed by atoms with E-state index in [0.29, 0.717) is 6.42 Å². The van der Waals surface area contributed by atoms with Gasteiger partial charge in [0.2, 0.25) is 6.29 Å².